The molecule has 3 rings (SSSR count). The summed E-state index contributed by atoms with van der Waals surface area (Å²) in [6.45, 7) is 1.47. The van der Waals surface area contributed by atoms with Gasteiger partial charge in [0.15, 0.2) is 5.82 Å². The van der Waals surface area contributed by atoms with Crippen molar-refractivity contribution in [3.05, 3.63) is 48.0 Å². The summed E-state index contributed by atoms with van der Waals surface area (Å²) < 4.78 is 7.65. The van der Waals surface area contributed by atoms with Gasteiger partial charge in [-0.15, -0.1) is 0 Å². The van der Waals surface area contributed by atoms with Gasteiger partial charge in [-0.2, -0.15) is 0 Å². The summed E-state index contributed by atoms with van der Waals surface area (Å²) in [6.07, 6.45) is 3.62. The Balaban J connectivity index is 1.86. The van der Waals surface area contributed by atoms with E-state index in [1.165, 1.54) is 5.56 Å². The Hall–Kier alpha value is -1.88. The largest absolute Gasteiger partial charge is 0.493 e. The average molecular weight is 259 g/mol. The molecule has 0 fully saturated rings. The minimum Gasteiger partial charge on any atom is -0.493 e. The zero-order chi connectivity index (χ0) is 12.5. The van der Waals surface area contributed by atoms with Crippen LogP contribution in [0.3, 0.4) is 0 Å². The maximum absolute atomic E-state index is 5.66. The van der Waals surface area contributed by atoms with Crippen LogP contribution in [-0.2, 0) is 6.54 Å². The summed E-state index contributed by atoms with van der Waals surface area (Å²) in [5.41, 5.74) is 6.88. The second kappa shape index (κ2) is 4.42. The van der Waals surface area contributed by atoms with Crippen LogP contribution in [0, 0.1) is 0 Å². The molecule has 4 nitrogen and oxygen atoms in total. The van der Waals surface area contributed by atoms with Gasteiger partial charge < -0.3 is 15.0 Å². The molecule has 2 N–H and O–H groups in total. The van der Waals surface area contributed by atoms with E-state index in [2.05, 4.69) is 11.1 Å². The molecule has 1 unspecified atom stereocenters. The fourth-order valence-corrected chi connectivity index (χ4v) is 2.47. The molecule has 1 atom stereocenters. The van der Waals surface area contributed by atoms with Gasteiger partial charge in [-0.3, -0.25) is 0 Å². The Kier molecular flexibility index (Phi) is 2.76. The highest BCUT2D eigenvalue weighted by molar-refractivity contribution is 7.80. The minimum atomic E-state index is 0.323. The first-order valence-electron chi connectivity index (χ1n) is 5.78. The molecule has 1 aromatic carbocycles. The molecule has 2 heterocycles. The molecule has 0 bridgehead atoms. The summed E-state index contributed by atoms with van der Waals surface area (Å²) in [5.74, 6) is 1.96. The molecule has 1 aromatic heterocycles. The number of fused-ring (bicyclic) bond motifs is 1. The standard InChI is InChI=1S/C13H13N3OS/c14-12(18)13-15-5-6-16(13)7-9-8-17-11-4-2-1-3-10(9)11/h1-6,9H,7-8H2,(H2,14,18). The van der Waals surface area contributed by atoms with Crippen molar-refractivity contribution in [3.8, 4) is 5.75 Å². The van der Waals surface area contributed by atoms with Gasteiger partial charge in [-0.25, -0.2) is 4.98 Å². The fourth-order valence-electron chi connectivity index (χ4n) is 2.30. The predicted octanol–water partition coefficient (Wildman–Crippen LogP) is 1.69. The molecule has 1 aliphatic heterocycles. The molecule has 0 spiro atoms. The zero-order valence-electron chi connectivity index (χ0n) is 9.74. The van der Waals surface area contributed by atoms with Crippen LogP contribution in [-0.4, -0.2) is 21.1 Å². The van der Waals surface area contributed by atoms with Crippen molar-refractivity contribution in [1.82, 2.24) is 9.55 Å². The van der Waals surface area contributed by atoms with E-state index < -0.39 is 0 Å². The Labute approximate surface area is 110 Å². The molecule has 2 aromatic rings. The quantitative estimate of drug-likeness (QED) is 0.852. The summed E-state index contributed by atoms with van der Waals surface area (Å²) in [6, 6.07) is 8.11. The third-order valence-corrected chi connectivity index (χ3v) is 3.33. The van der Waals surface area contributed by atoms with Gasteiger partial charge in [-0.05, 0) is 6.07 Å². The van der Waals surface area contributed by atoms with Gasteiger partial charge in [-0.1, -0.05) is 30.4 Å². The Morgan fingerprint density at radius 1 is 1.50 bits per heavy atom. The maximum Gasteiger partial charge on any atom is 0.167 e. The van der Waals surface area contributed by atoms with Crippen molar-refractivity contribution in [2.75, 3.05) is 6.61 Å². The SMILES string of the molecule is NC(=S)c1nccn1CC1COc2ccccc21. The van der Waals surface area contributed by atoms with E-state index in [-0.39, 0.29) is 0 Å². The zero-order valence-corrected chi connectivity index (χ0v) is 10.6. The molecule has 92 valence electrons. The lowest BCUT2D eigenvalue weighted by Crippen LogP contribution is -2.19. The Morgan fingerprint density at radius 2 is 2.33 bits per heavy atom. The summed E-state index contributed by atoms with van der Waals surface area (Å²) >= 11 is 4.99. The number of ether oxygens (including phenoxy) is 1. The topological polar surface area (TPSA) is 53.1 Å². The number of nitrogens with two attached hydrogens (primary N) is 1. The Bertz CT molecular complexity index is 593. The van der Waals surface area contributed by atoms with E-state index in [0.717, 1.165) is 12.3 Å². The first-order chi connectivity index (χ1) is 8.75. The van der Waals surface area contributed by atoms with E-state index in [1.807, 2.05) is 29.0 Å². The Morgan fingerprint density at radius 3 is 3.17 bits per heavy atom. The van der Waals surface area contributed by atoms with E-state index in [9.17, 15) is 0 Å². The van der Waals surface area contributed by atoms with E-state index in [4.69, 9.17) is 22.7 Å². The first kappa shape index (κ1) is 11.2. The van der Waals surface area contributed by atoms with E-state index in [0.29, 0.717) is 23.3 Å². The van der Waals surface area contributed by atoms with Gasteiger partial charge in [0.2, 0.25) is 0 Å². The minimum absolute atomic E-state index is 0.323. The van der Waals surface area contributed by atoms with Gasteiger partial charge in [0.25, 0.3) is 0 Å². The van der Waals surface area contributed by atoms with Crippen LogP contribution in [0.5, 0.6) is 5.75 Å². The fraction of sp³-hybridized carbons (Fsp3) is 0.231. The van der Waals surface area contributed by atoms with Crippen LogP contribution in [0.2, 0.25) is 0 Å². The number of aromatic nitrogens is 2. The lowest BCUT2D eigenvalue weighted by molar-refractivity contribution is 0.319. The van der Waals surface area contributed by atoms with Gasteiger partial charge >= 0.3 is 0 Å². The molecule has 0 radical (unpaired) electrons. The van der Waals surface area contributed by atoms with E-state index >= 15 is 0 Å². The highest BCUT2D eigenvalue weighted by atomic mass is 32.1. The number of benzene rings is 1. The molecule has 0 aliphatic carbocycles. The predicted molar refractivity (Wildman–Crippen MR) is 72.8 cm³/mol. The average Bonchev–Trinajstić information content (AvgIpc) is 2.97. The van der Waals surface area contributed by atoms with Gasteiger partial charge in [0, 0.05) is 30.4 Å². The van der Waals surface area contributed by atoms with Crippen molar-refractivity contribution >= 4 is 17.2 Å². The molecule has 5 heteroatoms. The molecular formula is C13H13N3OS. The molecule has 0 amide bonds. The van der Waals surface area contributed by atoms with E-state index in [1.54, 1.807) is 6.20 Å². The lowest BCUT2D eigenvalue weighted by Gasteiger charge is -2.12. The molecule has 18 heavy (non-hydrogen) atoms. The number of rotatable bonds is 3. The molecular weight excluding hydrogens is 246 g/mol. The lowest BCUT2D eigenvalue weighted by atomic mass is 10.0. The number of imidazole rings is 1. The van der Waals surface area contributed by atoms with Crippen molar-refractivity contribution in [3.63, 3.8) is 0 Å². The number of para-hydroxylation sites is 1. The second-order valence-corrected chi connectivity index (χ2v) is 4.75. The van der Waals surface area contributed by atoms with Crippen LogP contribution in [0.1, 0.15) is 17.3 Å². The van der Waals surface area contributed by atoms with Crippen molar-refractivity contribution in [2.24, 2.45) is 5.73 Å². The first-order valence-corrected chi connectivity index (χ1v) is 6.19. The van der Waals surface area contributed by atoms with Crippen LogP contribution in [0.15, 0.2) is 36.7 Å². The van der Waals surface area contributed by atoms with Gasteiger partial charge in [0.05, 0.1) is 6.61 Å². The molecule has 1 aliphatic rings. The summed E-state index contributed by atoms with van der Waals surface area (Å²) in [5, 5.41) is 0. The van der Waals surface area contributed by atoms with Crippen LogP contribution < -0.4 is 10.5 Å². The number of hydrogen-bond donors (Lipinski definition) is 1. The van der Waals surface area contributed by atoms with Crippen LogP contribution >= 0.6 is 12.2 Å². The number of hydrogen-bond acceptors (Lipinski definition) is 3. The summed E-state index contributed by atoms with van der Waals surface area (Å²) in [4.78, 5) is 4.50. The van der Waals surface area contributed by atoms with Gasteiger partial charge in [0.1, 0.15) is 10.7 Å². The summed E-state index contributed by atoms with van der Waals surface area (Å²) in [7, 11) is 0. The van der Waals surface area contributed by atoms with Crippen LogP contribution in [0.4, 0.5) is 0 Å². The van der Waals surface area contributed by atoms with Crippen molar-refractivity contribution in [2.45, 2.75) is 12.5 Å². The highest BCUT2D eigenvalue weighted by Gasteiger charge is 2.24. The highest BCUT2D eigenvalue weighted by Crippen LogP contribution is 2.34. The monoisotopic (exact) mass is 259 g/mol. The third-order valence-electron chi connectivity index (χ3n) is 3.15. The van der Waals surface area contributed by atoms with Crippen molar-refractivity contribution in [1.29, 1.82) is 0 Å². The number of nitrogens with zero attached hydrogens (tertiary/aromatic N) is 2. The maximum atomic E-state index is 5.66. The third kappa shape index (κ3) is 1.86. The smallest absolute Gasteiger partial charge is 0.167 e. The molecule has 0 saturated carbocycles. The molecule has 0 saturated heterocycles. The van der Waals surface area contributed by atoms with Crippen molar-refractivity contribution < 1.29 is 4.74 Å². The number of thiocarbonyl (C=S) groups is 1. The van der Waals surface area contributed by atoms with Crippen LogP contribution in [0.25, 0.3) is 0 Å². The normalized spacial score (nSPS) is 17.2. The second-order valence-electron chi connectivity index (χ2n) is 4.31.